The fourth-order valence-electron chi connectivity index (χ4n) is 1.25. The Hall–Kier alpha value is -1.78. The van der Waals surface area contributed by atoms with Crippen LogP contribution in [0.5, 0.6) is 0 Å². The summed E-state index contributed by atoms with van der Waals surface area (Å²) < 4.78 is 4.55. The lowest BCUT2D eigenvalue weighted by Gasteiger charge is -2.00. The van der Waals surface area contributed by atoms with E-state index in [0.29, 0.717) is 16.8 Å². The van der Waals surface area contributed by atoms with Crippen molar-refractivity contribution in [3.05, 3.63) is 23.0 Å². The first kappa shape index (κ1) is 10.3. The van der Waals surface area contributed by atoms with Crippen molar-refractivity contribution >= 4 is 11.9 Å². The molecule has 0 aliphatic heterocycles. The van der Waals surface area contributed by atoms with Crippen LogP contribution in [-0.2, 0) is 16.0 Å². The molecule has 0 radical (unpaired) electrons. The predicted molar refractivity (Wildman–Crippen MR) is 48.2 cm³/mol. The van der Waals surface area contributed by atoms with Crippen LogP contribution in [0.4, 0.5) is 0 Å². The van der Waals surface area contributed by atoms with E-state index in [1.807, 2.05) is 0 Å². The van der Waals surface area contributed by atoms with Gasteiger partial charge in [-0.05, 0) is 12.5 Å². The van der Waals surface area contributed by atoms with E-state index in [-0.39, 0.29) is 6.42 Å². The highest BCUT2D eigenvalue weighted by atomic mass is 16.5. The van der Waals surface area contributed by atoms with E-state index in [0.717, 1.165) is 0 Å². The van der Waals surface area contributed by atoms with Crippen LogP contribution in [-0.4, -0.2) is 29.1 Å². The number of nitrogens with one attached hydrogen (secondary N) is 1. The highest BCUT2D eigenvalue weighted by molar-refractivity contribution is 5.93. The van der Waals surface area contributed by atoms with Gasteiger partial charge in [0, 0.05) is 11.9 Å². The molecule has 2 N–H and O–H groups in total. The van der Waals surface area contributed by atoms with Crippen molar-refractivity contribution in [2.24, 2.45) is 0 Å². The summed E-state index contributed by atoms with van der Waals surface area (Å²) >= 11 is 0. The third-order valence-corrected chi connectivity index (χ3v) is 1.88. The van der Waals surface area contributed by atoms with E-state index in [4.69, 9.17) is 5.11 Å². The number of H-pyrrole nitrogens is 1. The fraction of sp³-hybridized carbons (Fsp3) is 0.333. The quantitative estimate of drug-likeness (QED) is 0.700. The van der Waals surface area contributed by atoms with Crippen molar-refractivity contribution in [1.29, 1.82) is 0 Å². The summed E-state index contributed by atoms with van der Waals surface area (Å²) in [6.07, 6.45) is 1.38. The molecule has 76 valence electrons. The second-order valence-electron chi connectivity index (χ2n) is 2.89. The number of carbonyl (C=O) groups is 2. The average molecular weight is 197 g/mol. The predicted octanol–water partition coefficient (Wildman–Crippen LogP) is 0.737. The van der Waals surface area contributed by atoms with Crippen LogP contribution >= 0.6 is 0 Å². The molecule has 1 aromatic rings. The molecule has 0 aliphatic rings. The summed E-state index contributed by atoms with van der Waals surface area (Å²) in [6, 6.07) is 0. The number of carboxylic acids is 1. The molecule has 0 amide bonds. The van der Waals surface area contributed by atoms with Gasteiger partial charge in [0.15, 0.2) is 0 Å². The standard InChI is InChI=1S/C9H11NO4/c1-5-4-10-6(3-7(11)12)8(5)9(13)14-2/h4,10H,3H2,1-2H3,(H,11,12). The maximum Gasteiger partial charge on any atom is 0.339 e. The van der Waals surface area contributed by atoms with E-state index < -0.39 is 11.9 Å². The second kappa shape index (κ2) is 3.95. The summed E-state index contributed by atoms with van der Waals surface area (Å²) in [4.78, 5) is 24.5. The molecule has 0 bridgehead atoms. The van der Waals surface area contributed by atoms with Gasteiger partial charge in [0.1, 0.15) is 0 Å². The van der Waals surface area contributed by atoms with E-state index in [2.05, 4.69) is 9.72 Å². The normalized spacial score (nSPS) is 9.86. The van der Waals surface area contributed by atoms with E-state index >= 15 is 0 Å². The van der Waals surface area contributed by atoms with Gasteiger partial charge in [-0.2, -0.15) is 0 Å². The van der Waals surface area contributed by atoms with Crippen molar-refractivity contribution in [2.45, 2.75) is 13.3 Å². The monoisotopic (exact) mass is 197 g/mol. The number of rotatable bonds is 3. The topological polar surface area (TPSA) is 79.4 Å². The molecule has 0 aromatic carbocycles. The van der Waals surface area contributed by atoms with Gasteiger partial charge in [-0.1, -0.05) is 0 Å². The van der Waals surface area contributed by atoms with Crippen LogP contribution in [0.2, 0.25) is 0 Å². The van der Waals surface area contributed by atoms with Crippen LogP contribution in [0.25, 0.3) is 0 Å². The summed E-state index contributed by atoms with van der Waals surface area (Å²) in [5.41, 5.74) is 1.38. The molecular formula is C9H11NO4. The van der Waals surface area contributed by atoms with Crippen molar-refractivity contribution < 1.29 is 19.4 Å². The molecule has 14 heavy (non-hydrogen) atoms. The van der Waals surface area contributed by atoms with E-state index in [1.54, 1.807) is 13.1 Å². The Morgan fingerprint density at radius 1 is 1.57 bits per heavy atom. The van der Waals surface area contributed by atoms with Gasteiger partial charge in [-0.25, -0.2) is 4.79 Å². The Balaban J connectivity index is 3.05. The van der Waals surface area contributed by atoms with Crippen molar-refractivity contribution in [1.82, 2.24) is 4.98 Å². The average Bonchev–Trinajstić information content (AvgIpc) is 2.45. The van der Waals surface area contributed by atoms with Gasteiger partial charge >= 0.3 is 11.9 Å². The number of aromatic nitrogens is 1. The van der Waals surface area contributed by atoms with Crippen molar-refractivity contribution in [3.8, 4) is 0 Å². The van der Waals surface area contributed by atoms with Crippen molar-refractivity contribution in [2.75, 3.05) is 7.11 Å². The number of aliphatic carboxylic acids is 1. The number of carboxylic acid groups (broad SMARTS) is 1. The number of carbonyl (C=O) groups excluding carboxylic acids is 1. The maximum atomic E-state index is 11.3. The first-order valence-electron chi connectivity index (χ1n) is 4.03. The molecule has 0 spiro atoms. The Morgan fingerprint density at radius 2 is 2.21 bits per heavy atom. The zero-order chi connectivity index (χ0) is 10.7. The third kappa shape index (κ3) is 1.93. The zero-order valence-corrected chi connectivity index (χ0v) is 7.96. The van der Waals surface area contributed by atoms with E-state index in [9.17, 15) is 9.59 Å². The van der Waals surface area contributed by atoms with Crippen LogP contribution in [0.15, 0.2) is 6.20 Å². The van der Waals surface area contributed by atoms with Crippen LogP contribution in [0.1, 0.15) is 21.6 Å². The molecule has 1 heterocycles. The molecule has 1 rings (SSSR count). The number of esters is 1. The Morgan fingerprint density at radius 3 is 2.71 bits per heavy atom. The first-order chi connectivity index (χ1) is 6.56. The van der Waals surface area contributed by atoms with Gasteiger partial charge in [-0.15, -0.1) is 0 Å². The Kier molecular flexibility index (Phi) is 2.91. The molecule has 0 atom stereocenters. The molecule has 5 heteroatoms. The van der Waals surface area contributed by atoms with Gasteiger partial charge in [-0.3, -0.25) is 4.79 Å². The minimum atomic E-state index is -0.989. The molecule has 1 aromatic heterocycles. The van der Waals surface area contributed by atoms with Crippen molar-refractivity contribution in [3.63, 3.8) is 0 Å². The lowest BCUT2D eigenvalue weighted by Crippen LogP contribution is -2.09. The fourth-order valence-corrected chi connectivity index (χ4v) is 1.25. The van der Waals surface area contributed by atoms with Gasteiger partial charge in [0.05, 0.1) is 19.1 Å². The lowest BCUT2D eigenvalue weighted by atomic mass is 10.1. The van der Waals surface area contributed by atoms with Gasteiger partial charge in [0.2, 0.25) is 0 Å². The molecule has 0 fully saturated rings. The van der Waals surface area contributed by atoms with E-state index in [1.165, 1.54) is 7.11 Å². The maximum absolute atomic E-state index is 11.3. The van der Waals surface area contributed by atoms with Crippen LogP contribution < -0.4 is 0 Å². The molecule has 5 nitrogen and oxygen atoms in total. The summed E-state index contributed by atoms with van der Waals surface area (Å²) in [5, 5.41) is 8.58. The number of aromatic amines is 1. The molecule has 0 saturated heterocycles. The summed E-state index contributed by atoms with van der Waals surface area (Å²) in [5.74, 6) is -1.50. The number of methoxy groups -OCH3 is 1. The largest absolute Gasteiger partial charge is 0.481 e. The Bertz CT molecular complexity index is 367. The second-order valence-corrected chi connectivity index (χ2v) is 2.89. The molecule has 0 unspecified atom stereocenters. The molecular weight excluding hydrogens is 186 g/mol. The minimum Gasteiger partial charge on any atom is -0.481 e. The summed E-state index contributed by atoms with van der Waals surface area (Å²) in [7, 11) is 1.26. The smallest absolute Gasteiger partial charge is 0.339 e. The van der Waals surface area contributed by atoms with Crippen LogP contribution in [0, 0.1) is 6.92 Å². The van der Waals surface area contributed by atoms with Crippen LogP contribution in [0.3, 0.4) is 0 Å². The van der Waals surface area contributed by atoms with Gasteiger partial charge < -0.3 is 14.8 Å². The zero-order valence-electron chi connectivity index (χ0n) is 7.96. The van der Waals surface area contributed by atoms with Gasteiger partial charge in [0.25, 0.3) is 0 Å². The summed E-state index contributed by atoms with van der Waals surface area (Å²) in [6.45, 7) is 1.72. The number of hydrogen-bond acceptors (Lipinski definition) is 3. The lowest BCUT2D eigenvalue weighted by molar-refractivity contribution is -0.136. The number of hydrogen-bond donors (Lipinski definition) is 2. The number of aryl methyl sites for hydroxylation is 1. The minimum absolute atomic E-state index is 0.210. The first-order valence-corrected chi connectivity index (χ1v) is 4.03. The molecule has 0 saturated carbocycles. The highest BCUT2D eigenvalue weighted by Gasteiger charge is 2.18. The third-order valence-electron chi connectivity index (χ3n) is 1.88. The Labute approximate surface area is 80.7 Å². The SMILES string of the molecule is COC(=O)c1c(C)c[nH]c1CC(=O)O. The molecule has 0 aliphatic carbocycles. The number of ether oxygens (including phenoxy) is 1. The highest BCUT2D eigenvalue weighted by Crippen LogP contribution is 2.14.